The Morgan fingerprint density at radius 1 is 1.00 bits per heavy atom. The number of esters is 2. The summed E-state index contributed by atoms with van der Waals surface area (Å²) in [6.45, 7) is 5.49. The summed E-state index contributed by atoms with van der Waals surface area (Å²) in [4.78, 5) is 24.8. The number of hydrogen-bond donors (Lipinski definition) is 0. The van der Waals surface area contributed by atoms with Crippen LogP contribution in [0.25, 0.3) is 0 Å². The molecule has 0 aromatic heterocycles. The molecule has 0 spiro atoms. The molecule has 0 bridgehead atoms. The first kappa shape index (κ1) is 26.4. The molecule has 1 saturated carbocycles. The molecule has 1 fully saturated rings. The summed E-state index contributed by atoms with van der Waals surface area (Å²) in [7, 11) is 0. The minimum absolute atomic E-state index is 0.204. The van der Waals surface area contributed by atoms with Gasteiger partial charge in [-0.05, 0) is 69.7 Å². The predicted molar refractivity (Wildman–Crippen MR) is 125 cm³/mol. The lowest BCUT2D eigenvalue weighted by molar-refractivity contribution is -0.142. The molecule has 33 heavy (non-hydrogen) atoms. The zero-order chi connectivity index (χ0) is 24.3. The van der Waals surface area contributed by atoms with Crippen molar-refractivity contribution in [3.8, 4) is 23.6 Å². The molecule has 6 heteroatoms. The fourth-order valence-electron chi connectivity index (χ4n) is 4.15. The van der Waals surface area contributed by atoms with Gasteiger partial charge in [-0.1, -0.05) is 46.0 Å². The quantitative estimate of drug-likeness (QED) is 0.216. The Balaban J connectivity index is 1.84. The van der Waals surface area contributed by atoms with E-state index in [4.69, 9.17) is 9.47 Å². The molecule has 6 nitrogen and oxygen atoms in total. The Labute approximate surface area is 197 Å². The third-order valence-corrected chi connectivity index (χ3v) is 6.93. The van der Waals surface area contributed by atoms with E-state index in [1.807, 2.05) is 6.07 Å². The van der Waals surface area contributed by atoms with E-state index in [0.29, 0.717) is 30.8 Å². The van der Waals surface area contributed by atoms with Gasteiger partial charge in [0.2, 0.25) is 0 Å². The highest BCUT2D eigenvalue weighted by atomic mass is 16.5. The van der Waals surface area contributed by atoms with Crippen molar-refractivity contribution in [3.05, 3.63) is 24.3 Å². The number of hydrogen-bond acceptors (Lipinski definition) is 6. The van der Waals surface area contributed by atoms with Crippen LogP contribution in [0, 0.1) is 39.4 Å². The second-order valence-electron chi connectivity index (χ2n) is 9.41. The lowest BCUT2D eigenvalue weighted by Gasteiger charge is -2.34. The molecule has 0 amide bonds. The maximum absolute atomic E-state index is 12.6. The van der Waals surface area contributed by atoms with Gasteiger partial charge in [0.15, 0.2) is 5.41 Å². The molecule has 0 aliphatic heterocycles. The molecule has 0 radical (unpaired) electrons. The molecular formula is C27H36N2O4. The van der Waals surface area contributed by atoms with Crippen LogP contribution in [0.3, 0.4) is 0 Å². The Kier molecular flexibility index (Phi) is 9.92. The molecular weight excluding hydrogens is 416 g/mol. The Hall–Kier alpha value is -2.86. The molecule has 1 aliphatic rings. The van der Waals surface area contributed by atoms with Gasteiger partial charge >= 0.3 is 11.9 Å². The largest absolute Gasteiger partial charge is 0.426 e. The van der Waals surface area contributed by atoms with Gasteiger partial charge < -0.3 is 9.47 Å². The number of carbonyl (C=O) groups excluding carboxylic acids is 2. The summed E-state index contributed by atoms with van der Waals surface area (Å²) in [5.41, 5.74) is -1.49. The van der Waals surface area contributed by atoms with Crippen molar-refractivity contribution in [1.29, 1.82) is 10.5 Å². The van der Waals surface area contributed by atoms with Gasteiger partial charge in [0.25, 0.3) is 0 Å². The number of carbonyl (C=O) groups is 2. The molecule has 1 unspecified atom stereocenters. The van der Waals surface area contributed by atoms with Crippen molar-refractivity contribution in [2.45, 2.75) is 91.4 Å². The fourth-order valence-corrected chi connectivity index (χ4v) is 4.15. The minimum atomic E-state index is -1.19. The van der Waals surface area contributed by atoms with Crippen molar-refractivity contribution < 1.29 is 19.1 Å². The number of rotatable bonds is 11. The van der Waals surface area contributed by atoms with Crippen LogP contribution in [-0.4, -0.2) is 11.9 Å². The van der Waals surface area contributed by atoms with E-state index in [-0.39, 0.29) is 17.3 Å². The molecule has 1 aromatic rings. The van der Waals surface area contributed by atoms with Crippen LogP contribution in [0.5, 0.6) is 11.5 Å². The average molecular weight is 453 g/mol. The smallest absolute Gasteiger partial charge is 0.331 e. The first-order valence-electron chi connectivity index (χ1n) is 12.2. The van der Waals surface area contributed by atoms with Crippen molar-refractivity contribution in [1.82, 2.24) is 0 Å². The molecule has 178 valence electrons. The zero-order valence-electron chi connectivity index (χ0n) is 20.2. The Bertz CT molecular complexity index is 873. The highest BCUT2D eigenvalue weighted by Gasteiger charge is 2.38. The lowest BCUT2D eigenvalue weighted by Crippen LogP contribution is -2.31. The maximum atomic E-state index is 12.6. The number of unbranched alkanes of at least 4 members (excludes halogenated alkanes) is 4. The van der Waals surface area contributed by atoms with Crippen LogP contribution in [0.1, 0.15) is 91.4 Å². The summed E-state index contributed by atoms with van der Waals surface area (Å²) in [6.07, 6.45) is 10.00. The molecule has 2 rings (SSSR count). The van der Waals surface area contributed by atoms with Crippen molar-refractivity contribution in [2.75, 3.05) is 0 Å². The number of benzene rings is 1. The molecule has 1 aliphatic carbocycles. The highest BCUT2D eigenvalue weighted by molar-refractivity contribution is 5.81. The van der Waals surface area contributed by atoms with Crippen LogP contribution >= 0.6 is 0 Å². The first-order valence-corrected chi connectivity index (χ1v) is 12.2. The molecule has 0 saturated heterocycles. The Morgan fingerprint density at radius 2 is 1.58 bits per heavy atom. The van der Waals surface area contributed by atoms with E-state index in [0.717, 1.165) is 25.7 Å². The van der Waals surface area contributed by atoms with Crippen LogP contribution in [0.2, 0.25) is 0 Å². The van der Waals surface area contributed by atoms with Gasteiger partial charge in [-0.3, -0.25) is 4.79 Å². The van der Waals surface area contributed by atoms with Crippen LogP contribution in [0.15, 0.2) is 24.3 Å². The van der Waals surface area contributed by atoms with E-state index in [9.17, 15) is 20.1 Å². The van der Waals surface area contributed by atoms with Gasteiger partial charge in [-0.25, -0.2) is 4.79 Å². The van der Waals surface area contributed by atoms with E-state index >= 15 is 0 Å². The van der Waals surface area contributed by atoms with Gasteiger partial charge in [-0.15, -0.1) is 0 Å². The zero-order valence-corrected chi connectivity index (χ0v) is 20.2. The summed E-state index contributed by atoms with van der Waals surface area (Å²) in [5, 5.41) is 19.0. The average Bonchev–Trinajstić information content (AvgIpc) is 2.84. The van der Waals surface area contributed by atoms with E-state index in [2.05, 4.69) is 13.0 Å². The van der Waals surface area contributed by atoms with Crippen molar-refractivity contribution in [2.24, 2.45) is 16.7 Å². The highest BCUT2D eigenvalue weighted by Crippen LogP contribution is 2.43. The predicted octanol–water partition coefficient (Wildman–Crippen LogP) is 6.50. The van der Waals surface area contributed by atoms with E-state index < -0.39 is 11.4 Å². The topological polar surface area (TPSA) is 100 Å². The molecule has 1 atom stereocenters. The molecule has 0 heterocycles. The lowest BCUT2D eigenvalue weighted by atomic mass is 9.69. The van der Waals surface area contributed by atoms with Crippen LogP contribution < -0.4 is 9.47 Å². The third-order valence-electron chi connectivity index (χ3n) is 6.93. The SMILES string of the molecule is CCCCCCCC1(C#N)CCC(C(=O)Oc2ccc(OC(=O)C(C)(C#N)CC)cc2)CC1. The second kappa shape index (κ2) is 12.4. The van der Waals surface area contributed by atoms with E-state index in [1.165, 1.54) is 25.7 Å². The first-order chi connectivity index (χ1) is 15.8. The fraction of sp³-hybridized carbons (Fsp3) is 0.630. The van der Waals surface area contributed by atoms with Crippen LogP contribution in [0.4, 0.5) is 0 Å². The standard InChI is InChI=1S/C27H36N2O4/c1-4-6-7-8-9-16-27(20-29)17-14-21(15-18-27)24(30)32-22-10-12-23(13-11-22)33-25(31)26(3,5-2)19-28/h10-13,21H,4-9,14-18H2,1-3H3. The minimum Gasteiger partial charge on any atom is -0.426 e. The van der Waals surface area contributed by atoms with Gasteiger partial charge in [0, 0.05) is 0 Å². The number of ether oxygens (including phenoxy) is 2. The number of nitrogens with zero attached hydrogens (tertiary/aromatic N) is 2. The Morgan fingerprint density at radius 3 is 2.09 bits per heavy atom. The summed E-state index contributed by atoms with van der Waals surface area (Å²) in [5.74, 6) is -0.412. The second-order valence-corrected chi connectivity index (χ2v) is 9.41. The maximum Gasteiger partial charge on any atom is 0.331 e. The normalized spacial score (nSPS) is 21.8. The van der Waals surface area contributed by atoms with E-state index in [1.54, 1.807) is 38.1 Å². The third kappa shape index (κ3) is 7.32. The molecule has 0 N–H and O–H groups in total. The van der Waals surface area contributed by atoms with Crippen molar-refractivity contribution in [3.63, 3.8) is 0 Å². The van der Waals surface area contributed by atoms with Gasteiger partial charge in [-0.2, -0.15) is 10.5 Å². The van der Waals surface area contributed by atoms with Crippen LogP contribution in [-0.2, 0) is 9.59 Å². The summed E-state index contributed by atoms with van der Waals surface area (Å²) < 4.78 is 10.8. The summed E-state index contributed by atoms with van der Waals surface area (Å²) in [6, 6.07) is 10.8. The summed E-state index contributed by atoms with van der Waals surface area (Å²) >= 11 is 0. The molecule has 1 aromatic carbocycles. The van der Waals surface area contributed by atoms with Crippen molar-refractivity contribution >= 4 is 11.9 Å². The monoisotopic (exact) mass is 452 g/mol. The van der Waals surface area contributed by atoms with Gasteiger partial charge in [0.05, 0.1) is 23.5 Å². The number of nitriles is 2. The van der Waals surface area contributed by atoms with Gasteiger partial charge in [0.1, 0.15) is 11.5 Å².